The lowest BCUT2D eigenvalue weighted by atomic mass is 9.97. The average Bonchev–Trinajstić information content (AvgIpc) is 2.71. The number of aryl methyl sites for hydroxylation is 1. The van der Waals surface area contributed by atoms with Gasteiger partial charge in [0.1, 0.15) is 5.03 Å². The third kappa shape index (κ3) is 4.14. The molecule has 0 saturated heterocycles. The number of fused-ring (bicyclic) bond motifs is 1. The van der Waals surface area contributed by atoms with Crippen molar-refractivity contribution >= 4 is 11.8 Å². The quantitative estimate of drug-likeness (QED) is 0.495. The molecule has 4 rings (SSSR count). The van der Waals surface area contributed by atoms with Crippen LogP contribution in [0.3, 0.4) is 0 Å². The number of pyridine rings is 1. The third-order valence-electron chi connectivity index (χ3n) is 5.01. The zero-order valence-corrected chi connectivity index (χ0v) is 16.3. The third-order valence-corrected chi connectivity index (χ3v) is 6.10. The van der Waals surface area contributed by atoms with Gasteiger partial charge in [-0.3, -0.25) is 9.55 Å². The molecule has 0 radical (unpaired) electrons. The van der Waals surface area contributed by atoms with Crippen LogP contribution in [-0.2, 0) is 25.1 Å². The number of thioether (sulfide) groups is 1. The zero-order valence-electron chi connectivity index (χ0n) is 15.5. The molecule has 0 aliphatic heterocycles. The van der Waals surface area contributed by atoms with E-state index in [2.05, 4.69) is 41.2 Å². The fraction of sp³-hybridized carbons (Fsp3) is 0.318. The van der Waals surface area contributed by atoms with Crippen LogP contribution in [0.1, 0.15) is 40.8 Å². The molecule has 0 atom stereocenters. The van der Waals surface area contributed by atoms with Gasteiger partial charge in [0.25, 0.3) is 0 Å². The first-order valence-corrected chi connectivity index (χ1v) is 10.4. The Labute approximate surface area is 163 Å². The lowest BCUT2D eigenvalue weighted by Crippen LogP contribution is -2.30. The van der Waals surface area contributed by atoms with E-state index >= 15 is 0 Å². The van der Waals surface area contributed by atoms with Gasteiger partial charge in [0.05, 0.1) is 6.54 Å². The molecule has 0 spiro atoms. The maximum atomic E-state index is 12.8. The fourth-order valence-corrected chi connectivity index (χ4v) is 4.57. The van der Waals surface area contributed by atoms with Crippen molar-refractivity contribution in [3.05, 3.63) is 87.2 Å². The number of hydrogen-bond acceptors (Lipinski definition) is 4. The Kier molecular flexibility index (Phi) is 5.39. The first-order chi connectivity index (χ1) is 13.2. The molecule has 2 heterocycles. The van der Waals surface area contributed by atoms with Gasteiger partial charge in [-0.2, -0.15) is 4.98 Å². The Bertz CT molecular complexity index is 981. The summed E-state index contributed by atoms with van der Waals surface area (Å²) < 4.78 is 1.85. The summed E-state index contributed by atoms with van der Waals surface area (Å²) in [4.78, 5) is 21.4. The minimum absolute atomic E-state index is 0.147. The van der Waals surface area contributed by atoms with Crippen molar-refractivity contribution in [1.82, 2.24) is 14.5 Å². The minimum atomic E-state index is -0.147. The molecule has 4 nitrogen and oxygen atoms in total. The Hall–Kier alpha value is -2.40. The van der Waals surface area contributed by atoms with E-state index in [-0.39, 0.29) is 5.69 Å². The molecule has 138 valence electrons. The Balaban J connectivity index is 1.64. The maximum absolute atomic E-state index is 12.8. The first kappa shape index (κ1) is 18.0. The lowest BCUT2D eigenvalue weighted by Gasteiger charge is -2.22. The van der Waals surface area contributed by atoms with Crippen molar-refractivity contribution in [1.29, 1.82) is 0 Å². The number of nitrogens with zero attached hydrogens (tertiary/aromatic N) is 3. The van der Waals surface area contributed by atoms with E-state index < -0.39 is 0 Å². The van der Waals surface area contributed by atoms with Gasteiger partial charge in [-0.25, -0.2) is 4.79 Å². The molecule has 1 aliphatic carbocycles. The number of rotatable bonds is 5. The van der Waals surface area contributed by atoms with E-state index in [1.807, 2.05) is 22.9 Å². The Morgan fingerprint density at radius 1 is 1.07 bits per heavy atom. The summed E-state index contributed by atoms with van der Waals surface area (Å²) >= 11 is 1.69. The second-order valence-corrected chi connectivity index (χ2v) is 8.02. The highest BCUT2D eigenvalue weighted by atomic mass is 32.2. The summed E-state index contributed by atoms with van der Waals surface area (Å²) in [5, 5.41) is 0.915. The van der Waals surface area contributed by atoms with Crippen molar-refractivity contribution in [2.45, 2.75) is 49.9 Å². The SMILES string of the molecule is Cc1ccc(CSc2nc(=O)n(Cc3cccnc3)c3c2CCCC3)cc1. The summed E-state index contributed by atoms with van der Waals surface area (Å²) in [6.45, 7) is 2.64. The normalized spacial score (nSPS) is 13.4. The number of aromatic nitrogens is 3. The highest BCUT2D eigenvalue weighted by Gasteiger charge is 2.20. The molecule has 0 N–H and O–H groups in total. The highest BCUT2D eigenvalue weighted by molar-refractivity contribution is 7.98. The minimum Gasteiger partial charge on any atom is -0.291 e. The molecule has 0 bridgehead atoms. The molecule has 27 heavy (non-hydrogen) atoms. The van der Waals surface area contributed by atoms with Crippen LogP contribution >= 0.6 is 11.8 Å². The smallest absolute Gasteiger partial charge is 0.291 e. The van der Waals surface area contributed by atoms with Crippen LogP contribution in [0.4, 0.5) is 0 Å². The Morgan fingerprint density at radius 2 is 1.89 bits per heavy atom. The summed E-state index contributed by atoms with van der Waals surface area (Å²) in [7, 11) is 0. The van der Waals surface area contributed by atoms with Gasteiger partial charge >= 0.3 is 5.69 Å². The van der Waals surface area contributed by atoms with Gasteiger partial charge in [-0.1, -0.05) is 35.9 Å². The molecule has 3 aromatic rings. The van der Waals surface area contributed by atoms with Gasteiger partial charge in [0.15, 0.2) is 0 Å². The lowest BCUT2D eigenvalue weighted by molar-refractivity contribution is 0.569. The second-order valence-electron chi connectivity index (χ2n) is 7.05. The van der Waals surface area contributed by atoms with Crippen LogP contribution in [0.5, 0.6) is 0 Å². The molecule has 5 heteroatoms. The summed E-state index contributed by atoms with van der Waals surface area (Å²) in [5.41, 5.74) is 5.84. The molecule has 1 aromatic carbocycles. The average molecular weight is 378 g/mol. The van der Waals surface area contributed by atoms with E-state index in [0.29, 0.717) is 6.54 Å². The van der Waals surface area contributed by atoms with E-state index in [1.54, 1.807) is 18.0 Å². The second kappa shape index (κ2) is 8.09. The number of benzene rings is 1. The van der Waals surface area contributed by atoms with Gasteiger partial charge in [-0.15, -0.1) is 11.8 Å². The van der Waals surface area contributed by atoms with Crippen LogP contribution in [0.15, 0.2) is 58.6 Å². The Morgan fingerprint density at radius 3 is 2.67 bits per heavy atom. The van der Waals surface area contributed by atoms with Gasteiger partial charge < -0.3 is 0 Å². The van der Waals surface area contributed by atoms with E-state index in [9.17, 15) is 4.79 Å². The van der Waals surface area contributed by atoms with Crippen LogP contribution in [0.25, 0.3) is 0 Å². The molecule has 0 unspecified atom stereocenters. The van der Waals surface area contributed by atoms with E-state index in [0.717, 1.165) is 47.7 Å². The summed E-state index contributed by atoms with van der Waals surface area (Å²) in [5.74, 6) is 0.839. The predicted molar refractivity (Wildman–Crippen MR) is 109 cm³/mol. The molecule has 0 amide bonds. The van der Waals surface area contributed by atoms with E-state index in [4.69, 9.17) is 0 Å². The van der Waals surface area contributed by atoms with Crippen molar-refractivity contribution in [3.8, 4) is 0 Å². The zero-order chi connectivity index (χ0) is 18.6. The standard InChI is InChI=1S/C22H23N3OS/c1-16-8-10-17(11-9-16)15-27-21-19-6-2-3-7-20(19)25(22(26)24-21)14-18-5-4-12-23-13-18/h4-5,8-13H,2-3,6-7,14-15H2,1H3. The van der Waals surface area contributed by atoms with Crippen molar-refractivity contribution in [2.24, 2.45) is 0 Å². The van der Waals surface area contributed by atoms with Gasteiger partial charge in [0.2, 0.25) is 0 Å². The molecule has 2 aromatic heterocycles. The van der Waals surface area contributed by atoms with Crippen LogP contribution in [0, 0.1) is 6.92 Å². The monoisotopic (exact) mass is 377 g/mol. The topological polar surface area (TPSA) is 47.8 Å². The summed E-state index contributed by atoms with van der Waals surface area (Å²) in [6, 6.07) is 12.5. The number of hydrogen-bond donors (Lipinski definition) is 0. The van der Waals surface area contributed by atoms with Crippen LogP contribution < -0.4 is 5.69 Å². The first-order valence-electron chi connectivity index (χ1n) is 9.40. The van der Waals surface area contributed by atoms with Crippen LogP contribution in [0.2, 0.25) is 0 Å². The highest BCUT2D eigenvalue weighted by Crippen LogP contribution is 2.30. The molecule has 0 saturated carbocycles. The predicted octanol–water partition coefficient (Wildman–Crippen LogP) is 4.17. The largest absolute Gasteiger partial charge is 0.349 e. The van der Waals surface area contributed by atoms with Crippen molar-refractivity contribution < 1.29 is 0 Å². The van der Waals surface area contributed by atoms with Crippen LogP contribution in [-0.4, -0.2) is 14.5 Å². The molecule has 1 aliphatic rings. The van der Waals surface area contributed by atoms with E-state index in [1.165, 1.54) is 16.7 Å². The summed E-state index contributed by atoms with van der Waals surface area (Å²) in [6.07, 6.45) is 7.83. The molecular formula is C22H23N3OS. The van der Waals surface area contributed by atoms with Crippen molar-refractivity contribution in [3.63, 3.8) is 0 Å². The fourth-order valence-electron chi connectivity index (χ4n) is 3.54. The van der Waals surface area contributed by atoms with Crippen molar-refractivity contribution in [2.75, 3.05) is 0 Å². The molecular weight excluding hydrogens is 354 g/mol. The van der Waals surface area contributed by atoms with Gasteiger partial charge in [-0.05, 0) is 49.8 Å². The van der Waals surface area contributed by atoms with Gasteiger partial charge in [0, 0.05) is 29.4 Å². The molecule has 0 fully saturated rings. The maximum Gasteiger partial charge on any atom is 0.349 e.